The van der Waals surface area contributed by atoms with E-state index in [9.17, 15) is 0 Å². The molecule has 0 radical (unpaired) electrons. The maximum atomic E-state index is 6.44. The van der Waals surface area contributed by atoms with Crippen molar-refractivity contribution in [2.75, 3.05) is 4.90 Å². The maximum Gasteiger partial charge on any atom is 0.136 e. The second kappa shape index (κ2) is 13.3. The highest BCUT2D eigenvalue weighted by atomic mass is 16.3. The van der Waals surface area contributed by atoms with Gasteiger partial charge in [-0.25, -0.2) is 0 Å². The van der Waals surface area contributed by atoms with Gasteiger partial charge in [0.15, 0.2) is 0 Å². The number of furan rings is 1. The summed E-state index contributed by atoms with van der Waals surface area (Å²) in [6, 6.07) is 68.2. The summed E-state index contributed by atoms with van der Waals surface area (Å²) in [6.07, 6.45) is 6.51. The molecule has 0 aliphatic heterocycles. The average Bonchev–Trinajstić information content (AvgIpc) is 3.62. The van der Waals surface area contributed by atoms with Crippen LogP contribution in [0, 0.1) is 0 Å². The second-order valence-electron chi connectivity index (χ2n) is 14.9. The van der Waals surface area contributed by atoms with Crippen LogP contribution in [0.15, 0.2) is 210 Å². The Morgan fingerprint density at radius 1 is 0.357 bits per heavy atom. The third kappa shape index (κ3) is 5.58. The molecule has 0 atom stereocenters. The first kappa shape index (κ1) is 32.3. The molecule has 0 saturated carbocycles. The van der Waals surface area contributed by atoms with E-state index < -0.39 is 0 Å². The summed E-state index contributed by atoms with van der Waals surface area (Å²) in [6.45, 7) is 0. The fourth-order valence-corrected chi connectivity index (χ4v) is 8.76. The smallest absolute Gasteiger partial charge is 0.136 e. The number of anilines is 2. The van der Waals surface area contributed by atoms with E-state index in [-0.39, 0.29) is 0 Å². The zero-order valence-corrected chi connectivity index (χ0v) is 30.8. The van der Waals surface area contributed by atoms with E-state index in [1.165, 1.54) is 71.4 Å². The van der Waals surface area contributed by atoms with Gasteiger partial charge in [-0.15, -0.1) is 0 Å². The summed E-state index contributed by atoms with van der Waals surface area (Å²) in [4.78, 5) is 2.45. The van der Waals surface area contributed by atoms with Crippen molar-refractivity contribution >= 4 is 71.2 Å². The molecule has 0 saturated heterocycles. The van der Waals surface area contributed by atoms with Gasteiger partial charge in [-0.05, 0) is 139 Å². The molecule has 264 valence electrons. The van der Waals surface area contributed by atoms with Gasteiger partial charge < -0.3 is 9.32 Å². The monoisotopic (exact) mass is 715 g/mol. The van der Waals surface area contributed by atoms with E-state index in [2.05, 4.69) is 205 Å². The van der Waals surface area contributed by atoms with Crippen molar-refractivity contribution in [3.63, 3.8) is 0 Å². The lowest BCUT2D eigenvalue weighted by atomic mass is 9.91. The van der Waals surface area contributed by atoms with Gasteiger partial charge >= 0.3 is 0 Å². The number of fused-ring (bicyclic) bond motifs is 7. The Morgan fingerprint density at radius 2 is 1.00 bits per heavy atom. The van der Waals surface area contributed by atoms with Crippen LogP contribution in [0.5, 0.6) is 0 Å². The first-order valence-electron chi connectivity index (χ1n) is 19.5. The Kier molecular flexibility index (Phi) is 7.67. The van der Waals surface area contributed by atoms with Gasteiger partial charge in [0.05, 0.1) is 0 Å². The van der Waals surface area contributed by atoms with Crippen LogP contribution in [0.4, 0.5) is 11.4 Å². The molecule has 0 N–H and O–H groups in total. The van der Waals surface area contributed by atoms with E-state index in [1.807, 2.05) is 0 Å². The molecule has 2 heteroatoms. The molecule has 11 rings (SSSR count). The molecule has 0 amide bonds. The van der Waals surface area contributed by atoms with E-state index >= 15 is 0 Å². The fraction of sp³-hybridized carbons (Fsp3) is 0.0370. The third-order valence-electron chi connectivity index (χ3n) is 11.5. The molecule has 1 aromatic heterocycles. The van der Waals surface area contributed by atoms with Crippen LogP contribution >= 0.6 is 0 Å². The molecule has 2 nitrogen and oxygen atoms in total. The molecular formula is C54H37NO. The van der Waals surface area contributed by atoms with Gasteiger partial charge in [0.25, 0.3) is 0 Å². The first-order chi connectivity index (χ1) is 27.7. The summed E-state index contributed by atoms with van der Waals surface area (Å²) < 4.78 is 6.44. The summed E-state index contributed by atoms with van der Waals surface area (Å²) in [5.74, 6) is 0. The molecule has 0 spiro atoms. The zero-order valence-electron chi connectivity index (χ0n) is 30.8. The normalized spacial score (nSPS) is 13.1. The van der Waals surface area contributed by atoms with E-state index in [4.69, 9.17) is 4.42 Å². The third-order valence-corrected chi connectivity index (χ3v) is 11.5. The van der Waals surface area contributed by atoms with Crippen molar-refractivity contribution in [3.8, 4) is 22.3 Å². The molecule has 1 aliphatic carbocycles. The molecule has 1 aliphatic rings. The molecule has 1 heterocycles. The Labute approximate surface area is 325 Å². The molecule has 0 bridgehead atoms. The van der Waals surface area contributed by atoms with Crippen molar-refractivity contribution in [1.82, 2.24) is 0 Å². The van der Waals surface area contributed by atoms with E-state index in [0.29, 0.717) is 0 Å². The number of allylic oxidation sites excluding steroid dienone is 4. The number of rotatable bonds is 6. The number of hydrogen-bond acceptors (Lipinski definition) is 2. The summed E-state index contributed by atoms with van der Waals surface area (Å²) in [7, 11) is 0. The van der Waals surface area contributed by atoms with Gasteiger partial charge in [-0.2, -0.15) is 0 Å². The highest BCUT2D eigenvalue weighted by Gasteiger charge is 2.21. The zero-order chi connectivity index (χ0) is 37.0. The standard InChI is InChI=1S/C54H37NO/c1-2-12-36(13-3-1)37-24-26-44(27-25-37)55(46-28-29-53-52(35-46)51-32-40-14-4-5-15-41(40)34-54(51)56-53)45-20-11-18-39(31-45)38-17-10-19-42(30-38)50-33-43-16-6-7-21-47(43)48-22-8-9-23-49(48)50/h1-24,26,28-35H,25,27H2. The van der Waals surface area contributed by atoms with Crippen molar-refractivity contribution in [1.29, 1.82) is 0 Å². The minimum atomic E-state index is 0.898. The summed E-state index contributed by atoms with van der Waals surface area (Å²) >= 11 is 0. The minimum Gasteiger partial charge on any atom is -0.456 e. The lowest BCUT2D eigenvalue weighted by molar-refractivity contribution is 0.669. The minimum absolute atomic E-state index is 0.898. The Balaban J connectivity index is 1.04. The predicted octanol–water partition coefficient (Wildman–Crippen LogP) is 15.3. The Hall–Kier alpha value is -7.16. The fourth-order valence-electron chi connectivity index (χ4n) is 8.76. The largest absolute Gasteiger partial charge is 0.456 e. The molecule has 10 aromatic rings. The van der Waals surface area contributed by atoms with Crippen molar-refractivity contribution < 1.29 is 4.42 Å². The molecule has 9 aromatic carbocycles. The molecule has 0 unspecified atom stereocenters. The lowest BCUT2D eigenvalue weighted by Crippen LogP contribution is -2.18. The van der Waals surface area contributed by atoms with Crippen LogP contribution in [0.25, 0.3) is 82.1 Å². The van der Waals surface area contributed by atoms with Crippen LogP contribution in [0.2, 0.25) is 0 Å². The first-order valence-corrected chi connectivity index (χ1v) is 19.5. The van der Waals surface area contributed by atoms with Gasteiger partial charge in [0, 0.05) is 27.8 Å². The van der Waals surface area contributed by atoms with Crippen LogP contribution in [-0.2, 0) is 0 Å². The van der Waals surface area contributed by atoms with Gasteiger partial charge in [-0.1, -0.05) is 140 Å². The molecule has 0 fully saturated rings. The maximum absolute atomic E-state index is 6.44. The number of hydrogen-bond donors (Lipinski definition) is 0. The molecular weight excluding hydrogens is 679 g/mol. The Morgan fingerprint density at radius 3 is 1.82 bits per heavy atom. The summed E-state index contributed by atoms with van der Waals surface area (Å²) in [5, 5.41) is 9.75. The average molecular weight is 716 g/mol. The Bertz CT molecular complexity index is 3200. The highest BCUT2D eigenvalue weighted by Crippen LogP contribution is 2.42. The topological polar surface area (TPSA) is 16.4 Å². The highest BCUT2D eigenvalue weighted by molar-refractivity contribution is 6.14. The van der Waals surface area contributed by atoms with Gasteiger partial charge in [0.1, 0.15) is 11.2 Å². The number of nitrogens with zero attached hydrogens (tertiary/aromatic N) is 1. The SMILES string of the molecule is C1=C(c2ccccc2)CCC(N(c2cccc(-c3cccc(-c4cc5ccccc5c5ccccc45)c3)c2)c2ccc3oc4cc5ccccc5cc4c3c2)=C1. The quantitative estimate of drug-likeness (QED) is 0.159. The second-order valence-corrected chi connectivity index (χ2v) is 14.9. The van der Waals surface area contributed by atoms with Crippen molar-refractivity contribution in [2.24, 2.45) is 0 Å². The van der Waals surface area contributed by atoms with E-state index in [0.717, 1.165) is 46.2 Å². The summed E-state index contributed by atoms with van der Waals surface area (Å²) in [5.41, 5.74) is 12.8. The van der Waals surface area contributed by atoms with Crippen molar-refractivity contribution in [3.05, 3.63) is 211 Å². The van der Waals surface area contributed by atoms with Crippen LogP contribution in [0.1, 0.15) is 18.4 Å². The number of benzene rings is 9. The van der Waals surface area contributed by atoms with Gasteiger partial charge in [-0.3, -0.25) is 0 Å². The van der Waals surface area contributed by atoms with Gasteiger partial charge in [0.2, 0.25) is 0 Å². The predicted molar refractivity (Wildman–Crippen MR) is 237 cm³/mol. The van der Waals surface area contributed by atoms with Crippen molar-refractivity contribution in [2.45, 2.75) is 12.8 Å². The van der Waals surface area contributed by atoms with E-state index in [1.54, 1.807) is 0 Å². The van der Waals surface area contributed by atoms with Crippen LogP contribution in [0.3, 0.4) is 0 Å². The van der Waals surface area contributed by atoms with Crippen LogP contribution < -0.4 is 4.90 Å². The lowest BCUT2D eigenvalue weighted by Gasteiger charge is -2.30. The van der Waals surface area contributed by atoms with Crippen LogP contribution in [-0.4, -0.2) is 0 Å². The molecule has 56 heavy (non-hydrogen) atoms.